The first-order valence-corrected chi connectivity index (χ1v) is 8.49. The molecule has 0 radical (unpaired) electrons. The zero-order valence-electron chi connectivity index (χ0n) is 13.1. The van der Waals surface area contributed by atoms with E-state index in [4.69, 9.17) is 0 Å². The lowest BCUT2D eigenvalue weighted by atomic mass is 9.58. The molecule has 0 spiro atoms. The molecule has 4 atom stereocenters. The number of carboxylic acids is 1. The van der Waals surface area contributed by atoms with Gasteiger partial charge in [-0.25, -0.2) is 0 Å². The number of fused-ring (bicyclic) bond motifs is 3. The highest BCUT2D eigenvalue weighted by Gasteiger charge is 2.51. The molecule has 0 aromatic heterocycles. The number of hydrogen-bond donors (Lipinski definition) is 1. The van der Waals surface area contributed by atoms with Crippen molar-refractivity contribution in [2.24, 2.45) is 35.5 Å². The molecular formula is C17H27NO3. The van der Waals surface area contributed by atoms with Crippen molar-refractivity contribution in [3.63, 3.8) is 0 Å². The number of amides is 1. The molecule has 1 aliphatic heterocycles. The highest BCUT2D eigenvalue weighted by molar-refractivity contribution is 5.86. The van der Waals surface area contributed by atoms with Gasteiger partial charge < -0.3 is 10.0 Å². The van der Waals surface area contributed by atoms with Crippen LogP contribution in [0.5, 0.6) is 0 Å². The Morgan fingerprint density at radius 1 is 0.905 bits per heavy atom. The van der Waals surface area contributed by atoms with Gasteiger partial charge in [-0.3, -0.25) is 9.59 Å². The Hall–Kier alpha value is -1.06. The number of carbonyl (C=O) groups is 2. The summed E-state index contributed by atoms with van der Waals surface area (Å²) >= 11 is 0. The highest BCUT2D eigenvalue weighted by Crippen LogP contribution is 2.49. The third-order valence-electron chi connectivity index (χ3n) is 5.97. The van der Waals surface area contributed by atoms with Gasteiger partial charge >= 0.3 is 5.97 Å². The van der Waals surface area contributed by atoms with E-state index in [0.717, 1.165) is 38.8 Å². The lowest BCUT2D eigenvalue weighted by Crippen LogP contribution is -2.54. The Kier molecular flexibility index (Phi) is 3.98. The first-order valence-electron chi connectivity index (χ1n) is 8.49. The maximum absolute atomic E-state index is 13.0. The minimum Gasteiger partial charge on any atom is -0.481 e. The zero-order chi connectivity index (χ0) is 15.1. The molecule has 0 aromatic carbocycles. The first kappa shape index (κ1) is 14.9. The van der Waals surface area contributed by atoms with E-state index < -0.39 is 11.9 Å². The second kappa shape index (κ2) is 5.62. The smallest absolute Gasteiger partial charge is 0.307 e. The number of carbonyl (C=O) groups excluding carboxylic acids is 1. The lowest BCUT2D eigenvalue weighted by molar-refractivity contribution is -0.163. The number of hydrogen-bond acceptors (Lipinski definition) is 2. The molecule has 1 amide bonds. The van der Waals surface area contributed by atoms with Gasteiger partial charge in [0, 0.05) is 13.1 Å². The molecule has 4 nitrogen and oxygen atoms in total. The molecule has 0 aromatic rings. The molecule has 3 saturated carbocycles. The summed E-state index contributed by atoms with van der Waals surface area (Å²) in [5, 5.41) is 9.61. The van der Waals surface area contributed by atoms with Gasteiger partial charge in [0.05, 0.1) is 11.8 Å². The van der Waals surface area contributed by atoms with E-state index in [0.29, 0.717) is 17.8 Å². The SMILES string of the molecule is C[C@@H]1C[C@H](C)CN(C(=O)[C@H]2C3CCC(CC3)[C@@H]2C(=O)O)C1. The number of likely N-dealkylation sites (tertiary alicyclic amines) is 1. The second-order valence-electron chi connectivity index (χ2n) is 7.75. The van der Waals surface area contributed by atoms with E-state index in [9.17, 15) is 14.7 Å². The van der Waals surface area contributed by atoms with Crippen molar-refractivity contribution in [1.29, 1.82) is 0 Å². The molecule has 2 bridgehead atoms. The monoisotopic (exact) mass is 293 g/mol. The van der Waals surface area contributed by atoms with Crippen LogP contribution in [0.25, 0.3) is 0 Å². The molecule has 3 aliphatic carbocycles. The van der Waals surface area contributed by atoms with Crippen LogP contribution in [-0.4, -0.2) is 35.0 Å². The van der Waals surface area contributed by atoms with Gasteiger partial charge in [-0.15, -0.1) is 0 Å². The topological polar surface area (TPSA) is 57.6 Å². The van der Waals surface area contributed by atoms with Crippen LogP contribution < -0.4 is 0 Å². The van der Waals surface area contributed by atoms with Gasteiger partial charge in [0.2, 0.25) is 5.91 Å². The number of rotatable bonds is 2. The molecule has 4 heteroatoms. The average molecular weight is 293 g/mol. The van der Waals surface area contributed by atoms with Crippen molar-refractivity contribution in [3.8, 4) is 0 Å². The molecule has 118 valence electrons. The summed E-state index contributed by atoms with van der Waals surface area (Å²) in [5.74, 6) is 0.279. The quantitative estimate of drug-likeness (QED) is 0.851. The Morgan fingerprint density at radius 2 is 1.38 bits per heavy atom. The third kappa shape index (κ3) is 2.69. The van der Waals surface area contributed by atoms with E-state index in [-0.39, 0.29) is 17.7 Å². The summed E-state index contributed by atoms with van der Waals surface area (Å²) in [6.45, 7) is 6.00. The van der Waals surface area contributed by atoms with Crippen molar-refractivity contribution in [2.45, 2.75) is 46.0 Å². The van der Waals surface area contributed by atoms with E-state index in [1.807, 2.05) is 4.90 Å². The summed E-state index contributed by atoms with van der Waals surface area (Å²) in [4.78, 5) is 26.7. The normalized spacial score (nSPS) is 42.9. The molecule has 21 heavy (non-hydrogen) atoms. The van der Waals surface area contributed by atoms with E-state index in [1.54, 1.807) is 0 Å². The number of aliphatic carboxylic acids is 1. The van der Waals surface area contributed by atoms with Crippen molar-refractivity contribution in [1.82, 2.24) is 4.90 Å². The summed E-state index contributed by atoms with van der Waals surface area (Å²) in [6.07, 6.45) is 5.26. The maximum atomic E-state index is 13.0. The summed E-state index contributed by atoms with van der Waals surface area (Å²) in [7, 11) is 0. The van der Waals surface area contributed by atoms with Gasteiger partial charge in [-0.1, -0.05) is 13.8 Å². The molecule has 1 N–H and O–H groups in total. The largest absolute Gasteiger partial charge is 0.481 e. The Morgan fingerprint density at radius 3 is 1.86 bits per heavy atom. The number of carboxylic acid groups (broad SMARTS) is 1. The lowest BCUT2D eigenvalue weighted by Gasteiger charge is -2.48. The van der Waals surface area contributed by atoms with Crippen LogP contribution in [0.4, 0.5) is 0 Å². The summed E-state index contributed by atoms with van der Waals surface area (Å²) in [5.41, 5.74) is 0. The fourth-order valence-electron chi connectivity index (χ4n) is 5.21. The van der Waals surface area contributed by atoms with E-state index >= 15 is 0 Å². The molecule has 0 unspecified atom stereocenters. The molecule has 4 aliphatic rings. The van der Waals surface area contributed by atoms with Crippen molar-refractivity contribution >= 4 is 11.9 Å². The summed E-state index contributed by atoms with van der Waals surface area (Å²) < 4.78 is 0. The van der Waals surface area contributed by atoms with Crippen LogP contribution in [-0.2, 0) is 9.59 Å². The van der Waals surface area contributed by atoms with Gasteiger partial charge in [-0.2, -0.15) is 0 Å². The maximum Gasteiger partial charge on any atom is 0.307 e. The predicted molar refractivity (Wildman–Crippen MR) is 79.6 cm³/mol. The van der Waals surface area contributed by atoms with Crippen molar-refractivity contribution < 1.29 is 14.7 Å². The van der Waals surface area contributed by atoms with E-state index in [2.05, 4.69) is 13.8 Å². The second-order valence-corrected chi connectivity index (χ2v) is 7.75. The Balaban J connectivity index is 1.80. The molecule has 1 heterocycles. The Labute approximate surface area is 126 Å². The molecule has 4 fully saturated rings. The minimum atomic E-state index is -0.749. The standard InChI is InChI=1S/C17H27NO3/c1-10-7-11(2)9-18(8-10)16(19)14-12-3-5-13(6-4-12)15(14)17(20)21/h10-15H,3-9H2,1-2H3,(H,20,21)/t10-,11+,12?,13?,14-,15-/m0/s1. The molecule has 4 rings (SSSR count). The fraction of sp³-hybridized carbons (Fsp3) is 0.882. The van der Waals surface area contributed by atoms with Crippen LogP contribution in [0.1, 0.15) is 46.0 Å². The van der Waals surface area contributed by atoms with Crippen molar-refractivity contribution in [3.05, 3.63) is 0 Å². The van der Waals surface area contributed by atoms with Gasteiger partial charge in [0.1, 0.15) is 0 Å². The van der Waals surface area contributed by atoms with Gasteiger partial charge in [-0.05, 0) is 55.8 Å². The zero-order valence-corrected chi connectivity index (χ0v) is 13.1. The van der Waals surface area contributed by atoms with Gasteiger partial charge in [0.25, 0.3) is 0 Å². The number of nitrogens with zero attached hydrogens (tertiary/aromatic N) is 1. The van der Waals surface area contributed by atoms with Crippen LogP contribution in [0.3, 0.4) is 0 Å². The van der Waals surface area contributed by atoms with Crippen LogP contribution in [0, 0.1) is 35.5 Å². The van der Waals surface area contributed by atoms with Crippen molar-refractivity contribution in [2.75, 3.05) is 13.1 Å². The van der Waals surface area contributed by atoms with Crippen LogP contribution >= 0.6 is 0 Å². The predicted octanol–water partition coefficient (Wildman–Crippen LogP) is 2.63. The third-order valence-corrected chi connectivity index (χ3v) is 5.97. The first-order chi connectivity index (χ1) is 9.97. The Bertz CT molecular complexity index is 418. The number of piperidine rings is 1. The molecular weight excluding hydrogens is 266 g/mol. The highest BCUT2D eigenvalue weighted by atomic mass is 16.4. The average Bonchev–Trinajstić information content (AvgIpc) is 2.45. The van der Waals surface area contributed by atoms with Crippen LogP contribution in [0.15, 0.2) is 0 Å². The van der Waals surface area contributed by atoms with Crippen LogP contribution in [0.2, 0.25) is 0 Å². The fourth-order valence-corrected chi connectivity index (χ4v) is 5.21. The summed E-state index contributed by atoms with van der Waals surface area (Å²) in [6, 6.07) is 0. The van der Waals surface area contributed by atoms with E-state index in [1.165, 1.54) is 6.42 Å². The van der Waals surface area contributed by atoms with Gasteiger partial charge in [0.15, 0.2) is 0 Å². The molecule has 1 saturated heterocycles. The minimum absolute atomic E-state index is 0.134.